The Morgan fingerprint density at radius 3 is 2.56 bits per heavy atom. The zero-order valence-electron chi connectivity index (χ0n) is 9.40. The van der Waals surface area contributed by atoms with E-state index in [1.54, 1.807) is 12.1 Å². The summed E-state index contributed by atoms with van der Waals surface area (Å²) in [7, 11) is 0. The third-order valence-corrected chi connectivity index (χ3v) is 2.47. The molecule has 16 heavy (non-hydrogen) atoms. The molecule has 88 valence electrons. The molecule has 2 N–H and O–H groups in total. The van der Waals surface area contributed by atoms with Gasteiger partial charge < -0.3 is 10.4 Å². The number of aliphatic hydroxyl groups is 1. The molecule has 0 fully saturated rings. The Morgan fingerprint density at radius 1 is 1.44 bits per heavy atom. The van der Waals surface area contributed by atoms with Crippen molar-refractivity contribution in [3.63, 3.8) is 0 Å². The lowest BCUT2D eigenvalue weighted by Gasteiger charge is -2.17. The van der Waals surface area contributed by atoms with Crippen LogP contribution in [0.1, 0.15) is 13.8 Å². The van der Waals surface area contributed by atoms with E-state index in [2.05, 4.69) is 5.32 Å². The number of rotatable bonds is 4. The van der Waals surface area contributed by atoms with Gasteiger partial charge in [-0.25, -0.2) is 4.39 Å². The van der Waals surface area contributed by atoms with Gasteiger partial charge in [0.25, 0.3) is 0 Å². The molecule has 0 spiro atoms. The van der Waals surface area contributed by atoms with Gasteiger partial charge in [0.15, 0.2) is 0 Å². The van der Waals surface area contributed by atoms with Crippen molar-refractivity contribution in [3.05, 3.63) is 30.1 Å². The van der Waals surface area contributed by atoms with Crippen molar-refractivity contribution in [2.75, 3.05) is 11.9 Å². The largest absolute Gasteiger partial charge is 0.396 e. The standard InChI is InChI=1S/C12H16FNO2/c1-8(2)9(7-15)12(16)14-11-6-4-3-5-10(11)13/h3-6,8-9,15H,7H2,1-2H3,(H,14,16). The summed E-state index contributed by atoms with van der Waals surface area (Å²) >= 11 is 0. The number of anilines is 1. The molecule has 0 aliphatic carbocycles. The van der Waals surface area contributed by atoms with Crippen LogP contribution in [0, 0.1) is 17.7 Å². The second-order valence-electron chi connectivity index (χ2n) is 4.00. The van der Waals surface area contributed by atoms with Gasteiger partial charge in [-0.05, 0) is 18.1 Å². The van der Waals surface area contributed by atoms with E-state index >= 15 is 0 Å². The summed E-state index contributed by atoms with van der Waals surface area (Å²) in [6, 6.07) is 5.96. The number of benzene rings is 1. The number of halogens is 1. The third-order valence-electron chi connectivity index (χ3n) is 2.47. The number of hydrogen-bond acceptors (Lipinski definition) is 2. The highest BCUT2D eigenvalue weighted by atomic mass is 19.1. The summed E-state index contributed by atoms with van der Waals surface area (Å²) in [5.41, 5.74) is 0.145. The van der Waals surface area contributed by atoms with Gasteiger partial charge in [-0.1, -0.05) is 26.0 Å². The molecule has 1 aromatic carbocycles. The lowest BCUT2D eigenvalue weighted by atomic mass is 9.96. The molecule has 1 unspecified atom stereocenters. The molecule has 3 nitrogen and oxygen atoms in total. The first-order valence-electron chi connectivity index (χ1n) is 5.22. The van der Waals surface area contributed by atoms with E-state index in [1.807, 2.05) is 13.8 Å². The summed E-state index contributed by atoms with van der Waals surface area (Å²) < 4.78 is 13.2. The highest BCUT2D eigenvalue weighted by molar-refractivity contribution is 5.92. The van der Waals surface area contributed by atoms with Crippen LogP contribution in [0.2, 0.25) is 0 Å². The first kappa shape index (κ1) is 12.6. The SMILES string of the molecule is CC(C)C(CO)C(=O)Nc1ccccc1F. The summed E-state index contributed by atoms with van der Waals surface area (Å²) in [4.78, 5) is 11.7. The number of amides is 1. The first-order valence-corrected chi connectivity index (χ1v) is 5.22. The first-order chi connectivity index (χ1) is 7.56. The lowest BCUT2D eigenvalue weighted by Crippen LogP contribution is -2.30. The molecule has 0 aliphatic heterocycles. The highest BCUT2D eigenvalue weighted by Crippen LogP contribution is 2.16. The molecule has 4 heteroatoms. The van der Waals surface area contributed by atoms with E-state index in [1.165, 1.54) is 12.1 Å². The fourth-order valence-corrected chi connectivity index (χ4v) is 1.38. The second-order valence-corrected chi connectivity index (χ2v) is 4.00. The van der Waals surface area contributed by atoms with Crippen molar-refractivity contribution in [1.82, 2.24) is 0 Å². The number of nitrogens with one attached hydrogen (secondary N) is 1. The second kappa shape index (κ2) is 5.61. The number of hydrogen-bond donors (Lipinski definition) is 2. The van der Waals surface area contributed by atoms with Crippen LogP contribution in [0.4, 0.5) is 10.1 Å². The van der Waals surface area contributed by atoms with Crippen LogP contribution < -0.4 is 5.32 Å². The summed E-state index contributed by atoms with van der Waals surface area (Å²) in [6.45, 7) is 3.43. The van der Waals surface area contributed by atoms with E-state index in [0.29, 0.717) is 0 Å². The van der Waals surface area contributed by atoms with Crippen LogP contribution in [0.3, 0.4) is 0 Å². The van der Waals surface area contributed by atoms with E-state index in [9.17, 15) is 9.18 Å². The zero-order valence-corrected chi connectivity index (χ0v) is 9.40. The van der Waals surface area contributed by atoms with Crippen LogP contribution >= 0.6 is 0 Å². The Kier molecular flexibility index (Phi) is 4.43. The molecule has 0 saturated heterocycles. The smallest absolute Gasteiger partial charge is 0.230 e. The van der Waals surface area contributed by atoms with Crippen molar-refractivity contribution in [1.29, 1.82) is 0 Å². The van der Waals surface area contributed by atoms with Crippen molar-refractivity contribution < 1.29 is 14.3 Å². The van der Waals surface area contributed by atoms with Crippen molar-refractivity contribution in [2.45, 2.75) is 13.8 Å². The molecule has 1 amide bonds. The van der Waals surface area contributed by atoms with Gasteiger partial charge in [-0.2, -0.15) is 0 Å². The monoisotopic (exact) mass is 225 g/mol. The Bertz CT molecular complexity index is 366. The van der Waals surface area contributed by atoms with Crippen LogP contribution in [0.15, 0.2) is 24.3 Å². The van der Waals surface area contributed by atoms with Crippen molar-refractivity contribution in [3.8, 4) is 0 Å². The summed E-state index contributed by atoms with van der Waals surface area (Å²) in [5, 5.41) is 11.5. The van der Waals surface area contributed by atoms with Crippen LogP contribution in [0.5, 0.6) is 0 Å². The molecule has 0 radical (unpaired) electrons. The minimum Gasteiger partial charge on any atom is -0.396 e. The molecule has 1 rings (SSSR count). The lowest BCUT2D eigenvalue weighted by molar-refractivity contribution is -0.122. The molecule has 0 aliphatic rings. The maximum Gasteiger partial charge on any atom is 0.230 e. The van der Waals surface area contributed by atoms with Gasteiger partial charge in [0.2, 0.25) is 5.91 Å². The number of carbonyl (C=O) groups is 1. The number of carbonyl (C=O) groups excluding carboxylic acids is 1. The van der Waals surface area contributed by atoms with E-state index in [-0.39, 0.29) is 24.1 Å². The van der Waals surface area contributed by atoms with Crippen molar-refractivity contribution in [2.24, 2.45) is 11.8 Å². The molecular formula is C12H16FNO2. The quantitative estimate of drug-likeness (QED) is 0.823. The van der Waals surface area contributed by atoms with Gasteiger partial charge in [-0.3, -0.25) is 4.79 Å². The molecule has 1 aromatic rings. The fourth-order valence-electron chi connectivity index (χ4n) is 1.38. The zero-order chi connectivity index (χ0) is 12.1. The van der Waals surface area contributed by atoms with Gasteiger partial charge in [0.1, 0.15) is 5.82 Å². The van der Waals surface area contributed by atoms with Gasteiger partial charge in [0.05, 0.1) is 18.2 Å². The predicted octanol–water partition coefficient (Wildman–Crippen LogP) is 2.03. The number of para-hydroxylation sites is 1. The minimum atomic E-state index is -0.514. The molecule has 1 atom stereocenters. The van der Waals surface area contributed by atoms with E-state index in [4.69, 9.17) is 5.11 Å². The van der Waals surface area contributed by atoms with E-state index in [0.717, 1.165) is 0 Å². The van der Waals surface area contributed by atoms with Crippen LogP contribution in [0.25, 0.3) is 0 Å². The molecule has 0 saturated carbocycles. The molecule has 0 bridgehead atoms. The predicted molar refractivity (Wildman–Crippen MR) is 60.4 cm³/mol. The maximum absolute atomic E-state index is 13.2. The minimum absolute atomic E-state index is 0.0109. The van der Waals surface area contributed by atoms with E-state index < -0.39 is 11.7 Å². The van der Waals surface area contributed by atoms with Gasteiger partial charge in [0, 0.05) is 0 Å². The highest BCUT2D eigenvalue weighted by Gasteiger charge is 2.21. The van der Waals surface area contributed by atoms with Crippen LogP contribution in [-0.4, -0.2) is 17.6 Å². The Hall–Kier alpha value is -1.42. The average molecular weight is 225 g/mol. The Morgan fingerprint density at radius 2 is 2.06 bits per heavy atom. The molecule has 0 heterocycles. The third kappa shape index (κ3) is 3.03. The Labute approximate surface area is 94.3 Å². The summed E-state index contributed by atoms with van der Waals surface area (Å²) in [5.74, 6) is -1.34. The summed E-state index contributed by atoms with van der Waals surface area (Å²) in [6.07, 6.45) is 0. The van der Waals surface area contributed by atoms with Gasteiger partial charge in [-0.15, -0.1) is 0 Å². The van der Waals surface area contributed by atoms with Crippen LogP contribution in [-0.2, 0) is 4.79 Å². The Balaban J connectivity index is 2.74. The molecular weight excluding hydrogens is 209 g/mol. The topological polar surface area (TPSA) is 49.3 Å². The van der Waals surface area contributed by atoms with Gasteiger partial charge >= 0.3 is 0 Å². The maximum atomic E-state index is 13.2. The number of aliphatic hydroxyl groups excluding tert-OH is 1. The fraction of sp³-hybridized carbons (Fsp3) is 0.417. The average Bonchev–Trinajstić information content (AvgIpc) is 2.22. The molecule has 0 aromatic heterocycles. The normalized spacial score (nSPS) is 12.6. The van der Waals surface area contributed by atoms with Crippen molar-refractivity contribution >= 4 is 11.6 Å².